The molecule has 0 fully saturated rings. The lowest BCUT2D eigenvalue weighted by molar-refractivity contribution is -0.153. The Hall–Kier alpha value is -1.70. The third-order valence-corrected chi connectivity index (χ3v) is 9.27. The van der Waals surface area contributed by atoms with E-state index in [1.54, 1.807) is 6.26 Å². The maximum Gasteiger partial charge on any atom is 0.472 e. The summed E-state index contributed by atoms with van der Waals surface area (Å²) in [7, 11) is -4.30. The molecular formula is C41H76NO7P. The van der Waals surface area contributed by atoms with Crippen LogP contribution in [-0.2, 0) is 27.9 Å². The van der Waals surface area contributed by atoms with Crippen LogP contribution in [0.5, 0.6) is 0 Å². The number of rotatable bonds is 38. The van der Waals surface area contributed by atoms with Crippen LogP contribution in [0.2, 0.25) is 0 Å². The predicted molar refractivity (Wildman–Crippen MR) is 210 cm³/mol. The first-order valence-corrected chi connectivity index (χ1v) is 21.7. The molecular weight excluding hydrogens is 649 g/mol. The summed E-state index contributed by atoms with van der Waals surface area (Å²) in [5.74, 6) is -0.371. The standard InChI is InChI=1S/C41H76NO7P/c1-3-5-7-9-11-13-15-17-19-21-23-25-27-29-31-33-36-46-38-40(39-48-50(44,45)47-37-35-42)49-41(43)34-32-30-28-26-24-22-20-18-16-14-12-10-8-6-4-2/h12,14,17-20,33,36,40H,3-11,13,15-16,21-32,34-35,37-39,42H2,1-2H3,(H,44,45)/b14-12-,19-17-,20-18-,36-33-/t40-/m1/s1. The monoisotopic (exact) mass is 726 g/mol. The van der Waals surface area contributed by atoms with Gasteiger partial charge in [0.15, 0.2) is 6.10 Å². The number of hydrogen-bond acceptors (Lipinski definition) is 7. The summed E-state index contributed by atoms with van der Waals surface area (Å²) >= 11 is 0. The van der Waals surface area contributed by atoms with Gasteiger partial charge in [-0.05, 0) is 83.1 Å². The molecule has 1 unspecified atom stereocenters. The highest BCUT2D eigenvalue weighted by Crippen LogP contribution is 2.43. The fourth-order valence-electron chi connectivity index (χ4n) is 5.28. The van der Waals surface area contributed by atoms with E-state index in [9.17, 15) is 14.3 Å². The van der Waals surface area contributed by atoms with E-state index in [0.717, 1.165) is 64.2 Å². The lowest BCUT2D eigenvalue weighted by Crippen LogP contribution is -2.27. The highest BCUT2D eigenvalue weighted by atomic mass is 31.2. The van der Waals surface area contributed by atoms with E-state index in [2.05, 4.69) is 50.3 Å². The Labute approximate surface area is 307 Å². The van der Waals surface area contributed by atoms with Crippen molar-refractivity contribution in [2.45, 2.75) is 180 Å². The number of carbonyl (C=O) groups excluding carboxylic acids is 1. The minimum Gasteiger partial charge on any atom is -0.498 e. The number of hydrogen-bond donors (Lipinski definition) is 2. The van der Waals surface area contributed by atoms with Crippen molar-refractivity contribution < 1.29 is 32.8 Å². The van der Waals surface area contributed by atoms with Gasteiger partial charge in [0, 0.05) is 13.0 Å². The Morgan fingerprint density at radius 2 is 1.08 bits per heavy atom. The number of phosphoric ester groups is 1. The van der Waals surface area contributed by atoms with Gasteiger partial charge >= 0.3 is 13.8 Å². The average Bonchev–Trinajstić information content (AvgIpc) is 3.10. The summed E-state index contributed by atoms with van der Waals surface area (Å²) in [5.41, 5.74) is 5.35. The van der Waals surface area contributed by atoms with Crippen molar-refractivity contribution in [1.82, 2.24) is 0 Å². The zero-order valence-corrected chi connectivity index (χ0v) is 33.0. The third kappa shape index (κ3) is 37.6. The van der Waals surface area contributed by atoms with Crippen molar-refractivity contribution in [2.24, 2.45) is 5.73 Å². The van der Waals surface area contributed by atoms with Gasteiger partial charge < -0.3 is 20.1 Å². The van der Waals surface area contributed by atoms with Crippen LogP contribution in [0.4, 0.5) is 0 Å². The second-order valence-corrected chi connectivity index (χ2v) is 14.7. The predicted octanol–water partition coefficient (Wildman–Crippen LogP) is 12.0. The lowest BCUT2D eigenvalue weighted by atomic mass is 10.1. The zero-order valence-electron chi connectivity index (χ0n) is 32.1. The summed E-state index contributed by atoms with van der Waals surface area (Å²) in [6.07, 6.45) is 45.0. The highest BCUT2D eigenvalue weighted by molar-refractivity contribution is 7.47. The Morgan fingerprint density at radius 3 is 1.64 bits per heavy atom. The molecule has 0 radical (unpaired) electrons. The maximum absolute atomic E-state index is 12.5. The molecule has 292 valence electrons. The van der Waals surface area contributed by atoms with Gasteiger partial charge in [-0.25, -0.2) is 4.57 Å². The molecule has 50 heavy (non-hydrogen) atoms. The molecule has 0 aliphatic heterocycles. The molecule has 9 heteroatoms. The molecule has 0 aliphatic rings. The van der Waals surface area contributed by atoms with Crippen molar-refractivity contribution in [3.8, 4) is 0 Å². The van der Waals surface area contributed by atoms with Crippen LogP contribution in [0, 0.1) is 0 Å². The van der Waals surface area contributed by atoms with Gasteiger partial charge in [0.2, 0.25) is 0 Å². The van der Waals surface area contributed by atoms with Crippen LogP contribution in [-0.4, -0.2) is 43.3 Å². The molecule has 0 heterocycles. The van der Waals surface area contributed by atoms with Crippen LogP contribution in [0.3, 0.4) is 0 Å². The molecule has 0 aromatic carbocycles. The SMILES string of the molecule is CCCCC/C=C\C/C=C\CCCCCCCC(=O)O[C@H](CO/C=C\CCCCCC/C=C\CCCCCCCC)COP(=O)(O)OCCN. The number of allylic oxidation sites excluding steroid dienone is 7. The fraction of sp³-hybridized carbons (Fsp3) is 0.780. The summed E-state index contributed by atoms with van der Waals surface area (Å²) < 4.78 is 33.1. The highest BCUT2D eigenvalue weighted by Gasteiger charge is 2.25. The molecule has 0 bridgehead atoms. The van der Waals surface area contributed by atoms with Gasteiger partial charge in [0.05, 0.1) is 19.5 Å². The molecule has 0 amide bonds. The normalized spacial score (nSPS) is 14.0. The molecule has 0 saturated heterocycles. The Morgan fingerprint density at radius 1 is 0.620 bits per heavy atom. The molecule has 2 atom stereocenters. The van der Waals surface area contributed by atoms with Gasteiger partial charge in [0.25, 0.3) is 0 Å². The van der Waals surface area contributed by atoms with E-state index < -0.39 is 13.9 Å². The summed E-state index contributed by atoms with van der Waals surface area (Å²) in [4.78, 5) is 22.4. The smallest absolute Gasteiger partial charge is 0.472 e. The van der Waals surface area contributed by atoms with Crippen LogP contribution in [0.1, 0.15) is 174 Å². The molecule has 8 nitrogen and oxygen atoms in total. The molecule has 3 N–H and O–H groups in total. The minimum absolute atomic E-state index is 0.0202. The minimum atomic E-state index is -4.30. The van der Waals surface area contributed by atoms with E-state index in [4.69, 9.17) is 24.3 Å². The second kappa shape index (κ2) is 38.5. The summed E-state index contributed by atoms with van der Waals surface area (Å²) in [6.45, 7) is 4.17. The number of carbonyl (C=O) groups is 1. The van der Waals surface area contributed by atoms with Gasteiger partial charge in [-0.1, -0.05) is 127 Å². The first-order chi connectivity index (χ1) is 24.4. The molecule has 0 aliphatic carbocycles. The number of nitrogens with two attached hydrogens (primary N) is 1. The van der Waals surface area contributed by atoms with Crippen molar-refractivity contribution in [3.63, 3.8) is 0 Å². The van der Waals surface area contributed by atoms with E-state index in [0.29, 0.717) is 0 Å². The molecule has 0 spiro atoms. The van der Waals surface area contributed by atoms with Crippen molar-refractivity contribution in [3.05, 3.63) is 48.8 Å². The van der Waals surface area contributed by atoms with Gasteiger partial charge in [-0.2, -0.15) is 0 Å². The maximum atomic E-state index is 12.5. The Bertz CT molecular complexity index is 905. The average molecular weight is 726 g/mol. The van der Waals surface area contributed by atoms with E-state index in [1.807, 2.05) is 6.08 Å². The van der Waals surface area contributed by atoms with Crippen molar-refractivity contribution in [1.29, 1.82) is 0 Å². The number of unbranched alkanes of at least 4 members (excludes halogenated alkanes) is 19. The lowest BCUT2D eigenvalue weighted by Gasteiger charge is -2.19. The second-order valence-electron chi connectivity index (χ2n) is 13.2. The van der Waals surface area contributed by atoms with Crippen molar-refractivity contribution >= 4 is 13.8 Å². The van der Waals surface area contributed by atoms with Gasteiger partial charge in [0.1, 0.15) is 6.61 Å². The largest absolute Gasteiger partial charge is 0.498 e. The van der Waals surface area contributed by atoms with Crippen LogP contribution in [0.15, 0.2) is 48.8 Å². The van der Waals surface area contributed by atoms with Crippen LogP contribution in [0.25, 0.3) is 0 Å². The quantitative estimate of drug-likeness (QED) is 0.0212. The summed E-state index contributed by atoms with van der Waals surface area (Å²) in [6, 6.07) is 0. The third-order valence-electron chi connectivity index (χ3n) is 8.28. The number of ether oxygens (including phenoxy) is 2. The van der Waals surface area contributed by atoms with Gasteiger partial charge in [-0.15, -0.1) is 0 Å². The van der Waals surface area contributed by atoms with E-state index >= 15 is 0 Å². The van der Waals surface area contributed by atoms with Crippen LogP contribution >= 0.6 is 7.82 Å². The zero-order chi connectivity index (χ0) is 36.6. The molecule has 0 rings (SSSR count). The first kappa shape index (κ1) is 48.3. The Balaban J connectivity index is 4.17. The van der Waals surface area contributed by atoms with E-state index in [-0.39, 0.29) is 38.8 Å². The number of phosphoric acid groups is 1. The van der Waals surface area contributed by atoms with Gasteiger partial charge in [-0.3, -0.25) is 13.8 Å². The van der Waals surface area contributed by atoms with Crippen LogP contribution < -0.4 is 5.73 Å². The Kier molecular flexibility index (Phi) is 37.2. The van der Waals surface area contributed by atoms with Crippen molar-refractivity contribution in [2.75, 3.05) is 26.4 Å². The van der Waals surface area contributed by atoms with E-state index in [1.165, 1.54) is 89.9 Å². The topological polar surface area (TPSA) is 117 Å². The fourth-order valence-corrected chi connectivity index (χ4v) is 6.04. The first-order valence-electron chi connectivity index (χ1n) is 20.2. The number of esters is 1. The molecule has 0 aromatic heterocycles. The molecule has 0 aromatic rings. The summed E-state index contributed by atoms with van der Waals surface area (Å²) in [5, 5.41) is 0. The molecule has 0 saturated carbocycles.